The zero-order valence-electron chi connectivity index (χ0n) is 14.7. The molecule has 1 N–H and O–H groups in total. The molecule has 2 aromatic rings. The van der Waals surface area contributed by atoms with E-state index in [1.807, 2.05) is 27.7 Å². The highest BCUT2D eigenvalue weighted by Crippen LogP contribution is 2.16. The Labute approximate surface area is 152 Å². The van der Waals surface area contributed by atoms with Gasteiger partial charge < -0.3 is 14.6 Å². The molecule has 0 aliphatic carbocycles. The van der Waals surface area contributed by atoms with Crippen molar-refractivity contribution < 1.29 is 14.0 Å². The van der Waals surface area contributed by atoms with Crippen LogP contribution in [0, 0.1) is 0 Å². The number of nitrogens with zero attached hydrogens (tertiary/aromatic N) is 2. The summed E-state index contributed by atoms with van der Waals surface area (Å²) in [5.74, 6) is -0.145. The van der Waals surface area contributed by atoms with Crippen LogP contribution in [-0.4, -0.2) is 33.8 Å². The first kappa shape index (κ1) is 19.0. The molecule has 0 radical (unpaired) electrons. The molecule has 0 saturated heterocycles. The molecule has 134 valence electrons. The first-order valence-electron chi connectivity index (χ1n) is 8.09. The van der Waals surface area contributed by atoms with Crippen molar-refractivity contribution in [3.05, 3.63) is 52.7 Å². The van der Waals surface area contributed by atoms with Crippen LogP contribution in [0.4, 0.5) is 0 Å². The van der Waals surface area contributed by atoms with Gasteiger partial charge in [0.25, 0.3) is 11.8 Å². The number of oxazole rings is 1. The molecule has 0 saturated carbocycles. The molecular formula is C18H22ClN3O3. The van der Waals surface area contributed by atoms with Crippen LogP contribution in [-0.2, 0) is 6.54 Å². The number of rotatable bonds is 6. The van der Waals surface area contributed by atoms with Gasteiger partial charge in [-0.15, -0.1) is 0 Å². The summed E-state index contributed by atoms with van der Waals surface area (Å²) in [7, 11) is 0. The van der Waals surface area contributed by atoms with E-state index in [9.17, 15) is 9.59 Å². The second-order valence-corrected chi connectivity index (χ2v) is 6.72. The average Bonchev–Trinajstić information content (AvgIpc) is 3.00. The van der Waals surface area contributed by atoms with Gasteiger partial charge in [0.15, 0.2) is 5.69 Å². The van der Waals surface area contributed by atoms with Gasteiger partial charge >= 0.3 is 0 Å². The highest BCUT2D eigenvalue weighted by Gasteiger charge is 2.22. The Bertz CT molecular complexity index is 738. The summed E-state index contributed by atoms with van der Waals surface area (Å²) >= 11 is 5.87. The van der Waals surface area contributed by atoms with E-state index in [-0.39, 0.29) is 36.1 Å². The maximum absolute atomic E-state index is 12.7. The standard InChI is InChI=1S/C18H22ClN3O3/c1-11(2)20-17(23)15-10-25-16(21-15)9-22(12(3)4)18(24)13-5-7-14(19)8-6-13/h5-8,10-12H,9H2,1-4H3,(H,20,23). The molecule has 25 heavy (non-hydrogen) atoms. The highest BCUT2D eigenvalue weighted by molar-refractivity contribution is 6.30. The van der Waals surface area contributed by atoms with Gasteiger partial charge in [-0.3, -0.25) is 9.59 Å². The van der Waals surface area contributed by atoms with Crippen molar-refractivity contribution in [3.8, 4) is 0 Å². The molecule has 0 unspecified atom stereocenters. The lowest BCUT2D eigenvalue weighted by Crippen LogP contribution is -2.36. The number of nitrogens with one attached hydrogen (secondary N) is 1. The summed E-state index contributed by atoms with van der Waals surface area (Å²) in [5.41, 5.74) is 0.730. The summed E-state index contributed by atoms with van der Waals surface area (Å²) in [6.07, 6.45) is 1.30. The molecule has 0 atom stereocenters. The molecule has 2 rings (SSSR count). The van der Waals surface area contributed by atoms with Crippen molar-refractivity contribution in [2.45, 2.75) is 46.3 Å². The quantitative estimate of drug-likeness (QED) is 0.852. The second-order valence-electron chi connectivity index (χ2n) is 6.29. The fourth-order valence-electron chi connectivity index (χ4n) is 2.22. The summed E-state index contributed by atoms with van der Waals surface area (Å²) in [5, 5.41) is 3.32. The maximum Gasteiger partial charge on any atom is 0.273 e. The van der Waals surface area contributed by atoms with Crippen molar-refractivity contribution in [1.82, 2.24) is 15.2 Å². The van der Waals surface area contributed by atoms with Crippen LogP contribution in [0.3, 0.4) is 0 Å². The molecule has 1 aromatic carbocycles. The number of carbonyl (C=O) groups excluding carboxylic acids is 2. The monoisotopic (exact) mass is 363 g/mol. The third-order valence-corrected chi connectivity index (χ3v) is 3.74. The van der Waals surface area contributed by atoms with Gasteiger partial charge in [0, 0.05) is 22.7 Å². The van der Waals surface area contributed by atoms with Crippen molar-refractivity contribution in [2.75, 3.05) is 0 Å². The number of benzene rings is 1. The first-order chi connectivity index (χ1) is 11.8. The Balaban J connectivity index is 2.14. The Morgan fingerprint density at radius 3 is 2.40 bits per heavy atom. The molecule has 1 aromatic heterocycles. The molecule has 0 aliphatic rings. The topological polar surface area (TPSA) is 75.4 Å². The molecular weight excluding hydrogens is 342 g/mol. The zero-order valence-corrected chi connectivity index (χ0v) is 15.5. The smallest absolute Gasteiger partial charge is 0.273 e. The van der Waals surface area contributed by atoms with Gasteiger partial charge in [0.2, 0.25) is 5.89 Å². The Morgan fingerprint density at radius 1 is 1.20 bits per heavy atom. The lowest BCUT2D eigenvalue weighted by atomic mass is 10.1. The Morgan fingerprint density at radius 2 is 1.84 bits per heavy atom. The van der Waals surface area contributed by atoms with E-state index in [2.05, 4.69) is 10.3 Å². The lowest BCUT2D eigenvalue weighted by Gasteiger charge is -2.25. The minimum atomic E-state index is -0.301. The summed E-state index contributed by atoms with van der Waals surface area (Å²) in [6.45, 7) is 7.72. The third-order valence-electron chi connectivity index (χ3n) is 3.49. The van der Waals surface area contributed by atoms with Gasteiger partial charge in [-0.1, -0.05) is 11.6 Å². The average molecular weight is 364 g/mol. The van der Waals surface area contributed by atoms with Gasteiger partial charge in [0.05, 0.1) is 6.54 Å². The van der Waals surface area contributed by atoms with Crippen LogP contribution >= 0.6 is 11.6 Å². The minimum absolute atomic E-state index is 0.00583. The fourth-order valence-corrected chi connectivity index (χ4v) is 2.34. The highest BCUT2D eigenvalue weighted by atomic mass is 35.5. The van der Waals surface area contributed by atoms with Crippen LogP contribution in [0.5, 0.6) is 0 Å². The largest absolute Gasteiger partial charge is 0.446 e. The van der Waals surface area contributed by atoms with Crippen molar-refractivity contribution in [1.29, 1.82) is 0 Å². The van der Waals surface area contributed by atoms with E-state index in [0.717, 1.165) is 0 Å². The van der Waals surface area contributed by atoms with Gasteiger partial charge in [-0.25, -0.2) is 4.98 Å². The molecule has 1 heterocycles. The SMILES string of the molecule is CC(C)NC(=O)c1coc(CN(C(=O)c2ccc(Cl)cc2)C(C)C)n1. The molecule has 0 aliphatic heterocycles. The normalized spacial score (nSPS) is 11.0. The summed E-state index contributed by atoms with van der Waals surface area (Å²) in [4.78, 5) is 30.5. The maximum atomic E-state index is 12.7. The van der Waals surface area contributed by atoms with Gasteiger partial charge in [0.1, 0.15) is 6.26 Å². The molecule has 7 heteroatoms. The van der Waals surface area contributed by atoms with E-state index in [4.69, 9.17) is 16.0 Å². The predicted molar refractivity (Wildman–Crippen MR) is 95.6 cm³/mol. The molecule has 2 amide bonds. The number of halogens is 1. The van der Waals surface area contributed by atoms with Crippen molar-refractivity contribution in [3.63, 3.8) is 0 Å². The number of aromatic nitrogens is 1. The Hall–Kier alpha value is -2.34. The first-order valence-corrected chi connectivity index (χ1v) is 8.47. The third kappa shape index (κ3) is 5.06. The van der Waals surface area contributed by atoms with Gasteiger partial charge in [-0.2, -0.15) is 0 Å². The van der Waals surface area contributed by atoms with E-state index < -0.39 is 0 Å². The number of carbonyl (C=O) groups is 2. The van der Waals surface area contributed by atoms with Gasteiger partial charge in [-0.05, 0) is 52.0 Å². The van der Waals surface area contributed by atoms with Crippen molar-refractivity contribution in [2.24, 2.45) is 0 Å². The summed E-state index contributed by atoms with van der Waals surface area (Å²) < 4.78 is 5.37. The van der Waals surface area contributed by atoms with E-state index in [1.54, 1.807) is 29.2 Å². The summed E-state index contributed by atoms with van der Waals surface area (Å²) in [6, 6.07) is 6.64. The zero-order chi connectivity index (χ0) is 18.6. The molecule has 0 spiro atoms. The number of hydrogen-bond donors (Lipinski definition) is 1. The van der Waals surface area contributed by atoms with Crippen LogP contribution in [0.2, 0.25) is 5.02 Å². The molecule has 6 nitrogen and oxygen atoms in total. The van der Waals surface area contributed by atoms with Crippen molar-refractivity contribution >= 4 is 23.4 Å². The van der Waals surface area contributed by atoms with E-state index in [1.165, 1.54) is 6.26 Å². The molecule has 0 bridgehead atoms. The van der Waals surface area contributed by atoms with Crippen LogP contribution < -0.4 is 5.32 Å². The minimum Gasteiger partial charge on any atom is -0.446 e. The van der Waals surface area contributed by atoms with Crippen LogP contribution in [0.25, 0.3) is 0 Å². The van der Waals surface area contributed by atoms with Crippen LogP contribution in [0.15, 0.2) is 34.9 Å². The number of hydrogen-bond acceptors (Lipinski definition) is 4. The fraction of sp³-hybridized carbons (Fsp3) is 0.389. The predicted octanol–water partition coefficient (Wildman–Crippen LogP) is 3.52. The van der Waals surface area contributed by atoms with E-state index in [0.29, 0.717) is 16.5 Å². The molecule has 0 fully saturated rings. The Kier molecular flexibility index (Phi) is 6.20. The number of amides is 2. The lowest BCUT2D eigenvalue weighted by molar-refractivity contribution is 0.0672. The second kappa shape index (κ2) is 8.16. The van der Waals surface area contributed by atoms with Crippen LogP contribution in [0.1, 0.15) is 54.4 Å². The van der Waals surface area contributed by atoms with E-state index >= 15 is 0 Å².